The topological polar surface area (TPSA) is 46.5 Å². The molecule has 0 aromatic heterocycles. The molecular weight excluding hydrogens is 264 g/mol. The third-order valence-electron chi connectivity index (χ3n) is 3.93. The molecule has 3 nitrogen and oxygen atoms in total. The van der Waals surface area contributed by atoms with E-state index in [1.165, 1.54) is 32.1 Å². The lowest BCUT2D eigenvalue weighted by Crippen LogP contribution is -2.02. The number of benzene rings is 1. The molecule has 1 fully saturated rings. The number of allylic oxidation sites excluding steroid dienone is 3. The number of carboxylic acids is 1. The van der Waals surface area contributed by atoms with Gasteiger partial charge in [0.25, 0.3) is 0 Å². The fraction of sp³-hybridized carbons (Fsp3) is 0.389. The molecule has 1 aromatic rings. The first-order valence-corrected chi connectivity index (χ1v) is 7.47. The van der Waals surface area contributed by atoms with Gasteiger partial charge in [-0.25, -0.2) is 4.79 Å². The predicted molar refractivity (Wildman–Crippen MR) is 84.3 cm³/mol. The Hall–Kier alpha value is -2.03. The summed E-state index contributed by atoms with van der Waals surface area (Å²) >= 11 is 0. The lowest BCUT2D eigenvalue weighted by Gasteiger charge is -2.17. The Balaban J connectivity index is 2.11. The van der Waals surface area contributed by atoms with Crippen LogP contribution in [0.15, 0.2) is 42.5 Å². The molecule has 0 spiro atoms. The largest absolute Gasteiger partial charge is 0.497 e. The van der Waals surface area contributed by atoms with Crippen molar-refractivity contribution < 1.29 is 14.6 Å². The molecule has 1 aliphatic rings. The molecule has 0 amide bonds. The quantitative estimate of drug-likeness (QED) is 0.648. The van der Waals surface area contributed by atoms with E-state index < -0.39 is 5.97 Å². The first-order valence-electron chi connectivity index (χ1n) is 7.47. The monoisotopic (exact) mass is 286 g/mol. The molecule has 1 aromatic carbocycles. The standard InChI is InChI=1S/C18H22O3/c1-21-16-12-10-15(11-13-16)17(18(19)20)9-5-8-14-6-3-2-4-7-14/h5,8-14H,2-4,6-7H2,1H3,(H,19,20)/b8-5+,17-9-. The van der Waals surface area contributed by atoms with Crippen LogP contribution in [0.5, 0.6) is 5.75 Å². The van der Waals surface area contributed by atoms with E-state index in [9.17, 15) is 9.90 Å². The van der Waals surface area contributed by atoms with Crippen molar-refractivity contribution in [2.45, 2.75) is 32.1 Å². The van der Waals surface area contributed by atoms with Gasteiger partial charge in [0, 0.05) is 0 Å². The lowest BCUT2D eigenvalue weighted by atomic mass is 9.89. The molecule has 1 N–H and O–H groups in total. The number of hydrogen-bond donors (Lipinski definition) is 1. The first-order chi connectivity index (χ1) is 10.2. The molecule has 1 aliphatic carbocycles. The normalized spacial score (nSPS) is 17.1. The highest BCUT2D eigenvalue weighted by atomic mass is 16.5. The van der Waals surface area contributed by atoms with Gasteiger partial charge in [-0.2, -0.15) is 0 Å². The van der Waals surface area contributed by atoms with Gasteiger partial charge in [-0.1, -0.05) is 43.5 Å². The summed E-state index contributed by atoms with van der Waals surface area (Å²) in [6.45, 7) is 0. The zero-order chi connectivity index (χ0) is 15.1. The molecule has 0 bridgehead atoms. The van der Waals surface area contributed by atoms with Crippen molar-refractivity contribution in [3.05, 3.63) is 48.1 Å². The summed E-state index contributed by atoms with van der Waals surface area (Å²) in [5.41, 5.74) is 1.00. The highest BCUT2D eigenvalue weighted by Gasteiger charge is 2.11. The SMILES string of the molecule is COc1ccc(/C(=C/C=C/C2CCCCC2)C(=O)O)cc1. The molecular formula is C18H22O3. The van der Waals surface area contributed by atoms with Gasteiger partial charge in [0.15, 0.2) is 0 Å². The maximum Gasteiger partial charge on any atom is 0.336 e. The van der Waals surface area contributed by atoms with E-state index in [1.807, 2.05) is 6.08 Å². The molecule has 21 heavy (non-hydrogen) atoms. The van der Waals surface area contributed by atoms with Crippen LogP contribution in [-0.4, -0.2) is 18.2 Å². The van der Waals surface area contributed by atoms with Gasteiger partial charge in [0.1, 0.15) is 5.75 Å². The van der Waals surface area contributed by atoms with Gasteiger partial charge in [-0.15, -0.1) is 0 Å². The maximum absolute atomic E-state index is 11.4. The minimum atomic E-state index is -0.909. The van der Waals surface area contributed by atoms with Gasteiger partial charge in [0.2, 0.25) is 0 Å². The zero-order valence-corrected chi connectivity index (χ0v) is 12.4. The Labute approximate surface area is 125 Å². The van der Waals surface area contributed by atoms with Crippen LogP contribution in [-0.2, 0) is 4.79 Å². The van der Waals surface area contributed by atoms with Crippen LogP contribution < -0.4 is 4.74 Å². The second-order valence-corrected chi connectivity index (χ2v) is 5.40. The molecule has 0 radical (unpaired) electrons. The molecule has 0 saturated heterocycles. The third-order valence-corrected chi connectivity index (χ3v) is 3.93. The second-order valence-electron chi connectivity index (χ2n) is 5.40. The van der Waals surface area contributed by atoms with Crippen LogP contribution in [0.4, 0.5) is 0 Å². The number of carboxylic acid groups (broad SMARTS) is 1. The van der Waals surface area contributed by atoms with Crippen molar-refractivity contribution >= 4 is 11.5 Å². The van der Waals surface area contributed by atoms with Crippen molar-refractivity contribution in [3.8, 4) is 5.75 Å². The van der Waals surface area contributed by atoms with Crippen molar-refractivity contribution in [1.29, 1.82) is 0 Å². The van der Waals surface area contributed by atoms with Crippen molar-refractivity contribution in [2.75, 3.05) is 7.11 Å². The fourth-order valence-electron chi connectivity index (χ4n) is 2.70. The van der Waals surface area contributed by atoms with E-state index >= 15 is 0 Å². The highest BCUT2D eigenvalue weighted by Crippen LogP contribution is 2.25. The van der Waals surface area contributed by atoms with Crippen LogP contribution in [0.1, 0.15) is 37.7 Å². The fourth-order valence-corrected chi connectivity index (χ4v) is 2.70. The molecule has 0 atom stereocenters. The summed E-state index contributed by atoms with van der Waals surface area (Å²) in [6.07, 6.45) is 12.1. The van der Waals surface area contributed by atoms with Gasteiger partial charge in [-0.05, 0) is 42.5 Å². The number of rotatable bonds is 5. The Kier molecular flexibility index (Phi) is 5.61. The molecule has 3 heteroatoms. The van der Waals surface area contributed by atoms with Gasteiger partial charge >= 0.3 is 5.97 Å². The van der Waals surface area contributed by atoms with Gasteiger partial charge in [0.05, 0.1) is 12.7 Å². The van der Waals surface area contributed by atoms with Gasteiger partial charge < -0.3 is 9.84 Å². The molecule has 0 aliphatic heterocycles. The number of carbonyl (C=O) groups is 1. The highest BCUT2D eigenvalue weighted by molar-refractivity contribution is 6.15. The van der Waals surface area contributed by atoms with Gasteiger partial charge in [-0.3, -0.25) is 0 Å². The number of ether oxygens (including phenoxy) is 1. The van der Waals surface area contributed by atoms with Crippen LogP contribution in [0.25, 0.3) is 5.57 Å². The van der Waals surface area contributed by atoms with E-state index in [0.29, 0.717) is 17.1 Å². The summed E-state index contributed by atoms with van der Waals surface area (Å²) < 4.78 is 5.09. The van der Waals surface area contributed by atoms with E-state index in [1.54, 1.807) is 37.5 Å². The van der Waals surface area contributed by atoms with Crippen LogP contribution in [0, 0.1) is 5.92 Å². The maximum atomic E-state index is 11.4. The third kappa shape index (κ3) is 4.48. The summed E-state index contributed by atoms with van der Waals surface area (Å²) in [4.78, 5) is 11.4. The number of hydrogen-bond acceptors (Lipinski definition) is 2. The summed E-state index contributed by atoms with van der Waals surface area (Å²) in [6, 6.07) is 7.09. The summed E-state index contributed by atoms with van der Waals surface area (Å²) in [7, 11) is 1.59. The van der Waals surface area contributed by atoms with Crippen LogP contribution in [0.3, 0.4) is 0 Å². The zero-order valence-electron chi connectivity index (χ0n) is 12.4. The number of methoxy groups -OCH3 is 1. The Morgan fingerprint density at radius 2 is 1.86 bits per heavy atom. The Morgan fingerprint density at radius 3 is 2.43 bits per heavy atom. The molecule has 0 unspecified atom stereocenters. The average Bonchev–Trinajstić information content (AvgIpc) is 2.52. The van der Waals surface area contributed by atoms with E-state index in [0.717, 1.165) is 5.75 Å². The van der Waals surface area contributed by atoms with E-state index in [2.05, 4.69) is 6.08 Å². The molecule has 112 valence electrons. The first kappa shape index (κ1) is 15.4. The minimum absolute atomic E-state index is 0.310. The Bertz CT molecular complexity index is 520. The number of aliphatic carboxylic acids is 1. The van der Waals surface area contributed by atoms with Crippen molar-refractivity contribution in [3.63, 3.8) is 0 Å². The van der Waals surface area contributed by atoms with E-state index in [4.69, 9.17) is 4.74 Å². The molecule has 1 saturated carbocycles. The lowest BCUT2D eigenvalue weighted by molar-refractivity contribution is -0.130. The summed E-state index contributed by atoms with van der Waals surface area (Å²) in [5.74, 6) is 0.413. The Morgan fingerprint density at radius 1 is 1.19 bits per heavy atom. The van der Waals surface area contributed by atoms with E-state index in [-0.39, 0.29) is 0 Å². The van der Waals surface area contributed by atoms with Crippen molar-refractivity contribution in [1.82, 2.24) is 0 Å². The second kappa shape index (κ2) is 7.67. The van der Waals surface area contributed by atoms with Crippen LogP contribution >= 0.6 is 0 Å². The van der Waals surface area contributed by atoms with Crippen LogP contribution in [0.2, 0.25) is 0 Å². The smallest absolute Gasteiger partial charge is 0.336 e. The molecule has 0 heterocycles. The summed E-state index contributed by atoms with van der Waals surface area (Å²) in [5, 5.41) is 9.36. The minimum Gasteiger partial charge on any atom is -0.497 e. The average molecular weight is 286 g/mol. The van der Waals surface area contributed by atoms with Crippen molar-refractivity contribution in [2.24, 2.45) is 5.92 Å². The predicted octanol–water partition coefficient (Wildman–Crippen LogP) is 4.30. The molecule has 2 rings (SSSR count).